The van der Waals surface area contributed by atoms with Crippen LogP contribution in [-0.2, 0) is 4.74 Å². The lowest BCUT2D eigenvalue weighted by atomic mass is 9.90. The second kappa shape index (κ2) is 6.78. The molecule has 4 rings (SSSR count). The van der Waals surface area contributed by atoms with E-state index in [2.05, 4.69) is 24.1 Å². The summed E-state index contributed by atoms with van der Waals surface area (Å²) in [5, 5.41) is 5.05. The largest absolute Gasteiger partial charge is 0.493 e. The van der Waals surface area contributed by atoms with Gasteiger partial charge in [0.25, 0.3) is 0 Å². The van der Waals surface area contributed by atoms with Gasteiger partial charge in [0.15, 0.2) is 0 Å². The monoisotopic (exact) mass is 368 g/mol. The third kappa shape index (κ3) is 3.48. The van der Waals surface area contributed by atoms with E-state index in [1.807, 2.05) is 48.5 Å². The standard InChI is InChI=1S/C21H21ClN2O2/c1-14-10-16(26-13-21(2)11-25-12-21)7-8-18(14)23-19-9-6-15-4-3-5-17(22)20(15)24-19/h3-10H,11-13H2,1-2H3,(H,23,24). The lowest BCUT2D eigenvalue weighted by molar-refractivity contribution is -0.120. The number of ether oxygens (including phenoxy) is 2. The van der Waals surface area contributed by atoms with Crippen LogP contribution in [0, 0.1) is 12.3 Å². The van der Waals surface area contributed by atoms with Crippen molar-refractivity contribution in [1.29, 1.82) is 0 Å². The summed E-state index contributed by atoms with van der Waals surface area (Å²) >= 11 is 6.26. The summed E-state index contributed by atoms with van der Waals surface area (Å²) in [4.78, 5) is 4.63. The Balaban J connectivity index is 1.50. The van der Waals surface area contributed by atoms with Gasteiger partial charge in [0.05, 0.1) is 30.4 Å². The molecule has 1 aliphatic rings. The van der Waals surface area contributed by atoms with E-state index in [9.17, 15) is 0 Å². The first-order chi connectivity index (χ1) is 12.5. The van der Waals surface area contributed by atoms with Crippen molar-refractivity contribution in [2.45, 2.75) is 13.8 Å². The van der Waals surface area contributed by atoms with Crippen LogP contribution in [0.25, 0.3) is 10.9 Å². The molecule has 2 aromatic carbocycles. The molecule has 0 spiro atoms. The van der Waals surface area contributed by atoms with Crippen molar-refractivity contribution >= 4 is 34.0 Å². The van der Waals surface area contributed by atoms with E-state index in [1.165, 1.54) is 0 Å². The van der Waals surface area contributed by atoms with Crippen molar-refractivity contribution in [3.63, 3.8) is 0 Å². The summed E-state index contributed by atoms with van der Waals surface area (Å²) < 4.78 is 11.2. The number of para-hydroxylation sites is 1. The van der Waals surface area contributed by atoms with Crippen LogP contribution in [0.1, 0.15) is 12.5 Å². The molecule has 1 N–H and O–H groups in total. The highest BCUT2D eigenvalue weighted by Crippen LogP contribution is 2.30. The first kappa shape index (κ1) is 17.1. The predicted molar refractivity (Wildman–Crippen MR) is 106 cm³/mol. The second-order valence-electron chi connectivity index (χ2n) is 7.20. The molecule has 2 heterocycles. The Morgan fingerprint density at radius 2 is 2.04 bits per heavy atom. The highest BCUT2D eigenvalue weighted by molar-refractivity contribution is 6.35. The minimum atomic E-state index is 0.138. The van der Waals surface area contributed by atoms with Crippen LogP contribution in [0.5, 0.6) is 5.75 Å². The van der Waals surface area contributed by atoms with Crippen molar-refractivity contribution in [1.82, 2.24) is 4.98 Å². The number of hydrogen-bond acceptors (Lipinski definition) is 4. The summed E-state index contributed by atoms with van der Waals surface area (Å²) in [6.45, 7) is 6.43. The van der Waals surface area contributed by atoms with E-state index < -0.39 is 0 Å². The molecule has 0 aliphatic carbocycles. The summed E-state index contributed by atoms with van der Waals surface area (Å²) in [6.07, 6.45) is 0. The van der Waals surface area contributed by atoms with Crippen molar-refractivity contribution in [2.24, 2.45) is 5.41 Å². The molecule has 1 fully saturated rings. The fraction of sp³-hybridized carbons (Fsp3) is 0.286. The Morgan fingerprint density at radius 3 is 2.77 bits per heavy atom. The molecule has 3 aromatic rings. The van der Waals surface area contributed by atoms with Gasteiger partial charge in [-0.25, -0.2) is 4.98 Å². The average molecular weight is 369 g/mol. The number of anilines is 2. The van der Waals surface area contributed by atoms with Gasteiger partial charge in [-0.2, -0.15) is 0 Å². The third-order valence-electron chi connectivity index (χ3n) is 4.62. The molecule has 134 valence electrons. The van der Waals surface area contributed by atoms with E-state index in [4.69, 9.17) is 21.1 Å². The number of benzene rings is 2. The topological polar surface area (TPSA) is 43.4 Å². The number of aryl methyl sites for hydroxylation is 1. The fourth-order valence-corrected chi connectivity index (χ4v) is 3.20. The van der Waals surface area contributed by atoms with Crippen LogP contribution in [-0.4, -0.2) is 24.8 Å². The van der Waals surface area contributed by atoms with Crippen LogP contribution in [0.4, 0.5) is 11.5 Å². The Kier molecular flexibility index (Phi) is 4.47. The van der Waals surface area contributed by atoms with Crippen LogP contribution >= 0.6 is 11.6 Å². The Morgan fingerprint density at radius 1 is 1.19 bits per heavy atom. The molecule has 0 saturated carbocycles. The van der Waals surface area contributed by atoms with Gasteiger partial charge >= 0.3 is 0 Å². The van der Waals surface area contributed by atoms with Gasteiger partial charge in [0.2, 0.25) is 0 Å². The summed E-state index contributed by atoms with van der Waals surface area (Å²) in [7, 11) is 0. The van der Waals surface area contributed by atoms with E-state index in [-0.39, 0.29) is 5.41 Å². The number of fused-ring (bicyclic) bond motifs is 1. The molecule has 0 bridgehead atoms. The van der Waals surface area contributed by atoms with Crippen LogP contribution in [0.3, 0.4) is 0 Å². The fourth-order valence-electron chi connectivity index (χ4n) is 2.98. The third-order valence-corrected chi connectivity index (χ3v) is 4.92. The lowest BCUT2D eigenvalue weighted by Gasteiger charge is -2.37. The number of aromatic nitrogens is 1. The van der Waals surface area contributed by atoms with Gasteiger partial charge < -0.3 is 14.8 Å². The number of nitrogens with zero attached hydrogens (tertiary/aromatic N) is 1. The maximum absolute atomic E-state index is 6.26. The van der Waals surface area contributed by atoms with Crippen molar-refractivity contribution < 1.29 is 9.47 Å². The van der Waals surface area contributed by atoms with Gasteiger partial charge in [0, 0.05) is 16.5 Å². The highest BCUT2D eigenvalue weighted by Gasteiger charge is 2.34. The number of hydrogen-bond donors (Lipinski definition) is 1. The molecule has 1 aromatic heterocycles. The highest BCUT2D eigenvalue weighted by atomic mass is 35.5. The molecule has 0 amide bonds. The summed E-state index contributed by atoms with van der Waals surface area (Å²) in [5.41, 5.74) is 3.03. The van der Waals surface area contributed by atoms with Crippen LogP contribution in [0.2, 0.25) is 5.02 Å². The van der Waals surface area contributed by atoms with Crippen molar-refractivity contribution in [2.75, 3.05) is 25.1 Å². The summed E-state index contributed by atoms with van der Waals surface area (Å²) in [6, 6.07) is 15.8. The Bertz CT molecular complexity index is 954. The van der Waals surface area contributed by atoms with Gasteiger partial charge in [-0.05, 0) is 48.9 Å². The molecule has 26 heavy (non-hydrogen) atoms. The molecule has 1 aliphatic heterocycles. The number of rotatable bonds is 5. The van der Waals surface area contributed by atoms with E-state index in [0.29, 0.717) is 11.6 Å². The molecule has 0 atom stereocenters. The number of pyridine rings is 1. The number of halogens is 1. The predicted octanol–water partition coefficient (Wildman–Crippen LogP) is 5.36. The average Bonchev–Trinajstić information content (AvgIpc) is 2.61. The second-order valence-corrected chi connectivity index (χ2v) is 7.61. The lowest BCUT2D eigenvalue weighted by Crippen LogP contribution is -2.44. The van der Waals surface area contributed by atoms with E-state index in [1.54, 1.807) is 0 Å². The van der Waals surface area contributed by atoms with E-state index >= 15 is 0 Å². The van der Waals surface area contributed by atoms with Gasteiger partial charge in [-0.1, -0.05) is 30.7 Å². The van der Waals surface area contributed by atoms with Crippen molar-refractivity contribution in [3.8, 4) is 5.75 Å². The van der Waals surface area contributed by atoms with Gasteiger partial charge in [-0.15, -0.1) is 0 Å². The molecule has 0 unspecified atom stereocenters. The smallest absolute Gasteiger partial charge is 0.131 e. The number of nitrogens with one attached hydrogen (secondary N) is 1. The minimum Gasteiger partial charge on any atom is -0.493 e. The molecular formula is C21H21ClN2O2. The van der Waals surface area contributed by atoms with Gasteiger partial charge in [-0.3, -0.25) is 0 Å². The molecule has 5 heteroatoms. The van der Waals surface area contributed by atoms with Crippen LogP contribution in [0.15, 0.2) is 48.5 Å². The SMILES string of the molecule is Cc1cc(OCC2(C)COC2)ccc1Nc1ccc2cccc(Cl)c2n1. The Labute approximate surface area is 158 Å². The zero-order valence-corrected chi connectivity index (χ0v) is 15.6. The van der Waals surface area contributed by atoms with Crippen LogP contribution < -0.4 is 10.1 Å². The molecule has 1 saturated heterocycles. The molecular weight excluding hydrogens is 348 g/mol. The summed E-state index contributed by atoms with van der Waals surface area (Å²) in [5.74, 6) is 1.64. The van der Waals surface area contributed by atoms with Gasteiger partial charge in [0.1, 0.15) is 11.6 Å². The normalized spacial score (nSPS) is 15.5. The first-order valence-corrected chi connectivity index (χ1v) is 9.04. The quantitative estimate of drug-likeness (QED) is 0.658. The maximum Gasteiger partial charge on any atom is 0.131 e. The Hall–Kier alpha value is -2.30. The van der Waals surface area contributed by atoms with E-state index in [0.717, 1.165) is 46.9 Å². The van der Waals surface area contributed by atoms with Crippen molar-refractivity contribution in [3.05, 3.63) is 59.1 Å². The zero-order chi connectivity index (χ0) is 18.1. The minimum absolute atomic E-state index is 0.138. The maximum atomic E-state index is 6.26. The molecule has 0 radical (unpaired) electrons. The molecule has 4 nitrogen and oxygen atoms in total. The first-order valence-electron chi connectivity index (χ1n) is 8.66. The zero-order valence-electron chi connectivity index (χ0n) is 14.9.